The third-order valence-electron chi connectivity index (χ3n) is 5.88. The molecule has 33 heavy (non-hydrogen) atoms. The molecule has 2 heterocycles. The van der Waals surface area contributed by atoms with Crippen LogP contribution in [0.5, 0.6) is 11.5 Å². The standard InChI is InChI=1S/C24H27N3O5S/c1-30-18-11-14(24(29)32-3)17(12-19(18)31-2)26-22(28)21-20(25)15-10-13-8-6-4-5-7-9-16(13)27-23(15)33-21/h10-12H,4-9,25H2,1-3H3,(H,26,28). The van der Waals surface area contributed by atoms with Crippen molar-refractivity contribution in [1.82, 2.24) is 4.98 Å². The highest BCUT2D eigenvalue weighted by Crippen LogP contribution is 2.37. The van der Waals surface area contributed by atoms with Crippen molar-refractivity contribution in [2.45, 2.75) is 38.5 Å². The smallest absolute Gasteiger partial charge is 0.340 e. The lowest BCUT2D eigenvalue weighted by atomic mass is 9.96. The van der Waals surface area contributed by atoms with E-state index in [0.717, 1.165) is 41.6 Å². The number of carbonyl (C=O) groups excluding carboxylic acids is 2. The van der Waals surface area contributed by atoms with E-state index in [1.54, 1.807) is 0 Å². The molecule has 0 aliphatic heterocycles. The maximum atomic E-state index is 13.2. The van der Waals surface area contributed by atoms with E-state index >= 15 is 0 Å². The summed E-state index contributed by atoms with van der Waals surface area (Å²) in [6.07, 6.45) is 6.61. The molecule has 174 valence electrons. The minimum Gasteiger partial charge on any atom is -0.493 e. The second kappa shape index (κ2) is 9.66. The fourth-order valence-corrected chi connectivity index (χ4v) is 5.11. The largest absolute Gasteiger partial charge is 0.493 e. The van der Waals surface area contributed by atoms with Gasteiger partial charge in [0.2, 0.25) is 0 Å². The summed E-state index contributed by atoms with van der Waals surface area (Å²) in [5.41, 5.74) is 9.48. The topological polar surface area (TPSA) is 113 Å². The number of nitrogens with zero attached hydrogens (tertiary/aromatic N) is 1. The van der Waals surface area contributed by atoms with Crippen molar-refractivity contribution in [2.24, 2.45) is 0 Å². The van der Waals surface area contributed by atoms with Gasteiger partial charge in [0, 0.05) is 23.2 Å². The number of esters is 1. The molecule has 0 spiro atoms. The summed E-state index contributed by atoms with van der Waals surface area (Å²) in [6.45, 7) is 0. The highest BCUT2D eigenvalue weighted by Gasteiger charge is 2.23. The number of aryl methyl sites for hydroxylation is 2. The van der Waals surface area contributed by atoms with Crippen LogP contribution in [0.1, 0.15) is 57.0 Å². The third kappa shape index (κ3) is 4.45. The van der Waals surface area contributed by atoms with E-state index in [-0.39, 0.29) is 11.3 Å². The number of hydrogen-bond donors (Lipinski definition) is 2. The number of nitrogens with two attached hydrogens (primary N) is 1. The summed E-state index contributed by atoms with van der Waals surface area (Å²) >= 11 is 1.25. The molecule has 0 radical (unpaired) electrons. The monoisotopic (exact) mass is 469 g/mol. The van der Waals surface area contributed by atoms with E-state index in [0.29, 0.717) is 22.1 Å². The van der Waals surface area contributed by atoms with Crippen LogP contribution in [-0.4, -0.2) is 38.2 Å². The van der Waals surface area contributed by atoms with Gasteiger partial charge in [-0.2, -0.15) is 0 Å². The Morgan fingerprint density at radius 1 is 1.00 bits per heavy atom. The molecule has 1 amide bonds. The van der Waals surface area contributed by atoms with Crippen molar-refractivity contribution in [1.29, 1.82) is 0 Å². The average molecular weight is 470 g/mol. The van der Waals surface area contributed by atoms with Gasteiger partial charge in [-0.1, -0.05) is 12.8 Å². The molecule has 3 N–H and O–H groups in total. The van der Waals surface area contributed by atoms with Gasteiger partial charge in [-0.25, -0.2) is 9.78 Å². The lowest BCUT2D eigenvalue weighted by Gasteiger charge is -2.14. The van der Waals surface area contributed by atoms with Crippen molar-refractivity contribution < 1.29 is 23.8 Å². The van der Waals surface area contributed by atoms with Crippen LogP contribution in [0.4, 0.5) is 11.4 Å². The summed E-state index contributed by atoms with van der Waals surface area (Å²) in [5.74, 6) is -0.331. The number of fused-ring (bicyclic) bond motifs is 2. The number of amides is 1. The van der Waals surface area contributed by atoms with Gasteiger partial charge >= 0.3 is 5.97 Å². The average Bonchev–Trinajstić information content (AvgIpc) is 3.13. The molecule has 0 atom stereocenters. The molecule has 4 rings (SSSR count). The van der Waals surface area contributed by atoms with Crippen LogP contribution in [0.2, 0.25) is 0 Å². The molecular weight excluding hydrogens is 442 g/mol. The van der Waals surface area contributed by atoms with Crippen LogP contribution in [0.3, 0.4) is 0 Å². The predicted molar refractivity (Wildman–Crippen MR) is 129 cm³/mol. The van der Waals surface area contributed by atoms with Crippen LogP contribution in [0, 0.1) is 0 Å². The zero-order valence-electron chi connectivity index (χ0n) is 18.9. The van der Waals surface area contributed by atoms with Crippen molar-refractivity contribution in [2.75, 3.05) is 32.4 Å². The molecule has 2 aromatic heterocycles. The number of pyridine rings is 1. The van der Waals surface area contributed by atoms with Crippen molar-refractivity contribution in [3.05, 3.63) is 39.9 Å². The number of nitrogen functional groups attached to an aromatic ring is 1. The van der Waals surface area contributed by atoms with E-state index in [1.165, 1.54) is 63.2 Å². The van der Waals surface area contributed by atoms with Gasteiger partial charge < -0.3 is 25.3 Å². The zero-order chi connectivity index (χ0) is 23.5. The molecular formula is C24H27N3O5S. The van der Waals surface area contributed by atoms with E-state index in [2.05, 4.69) is 11.4 Å². The molecule has 3 aromatic rings. The Bertz CT molecular complexity index is 1220. The first-order valence-electron chi connectivity index (χ1n) is 10.8. The van der Waals surface area contributed by atoms with Gasteiger partial charge in [-0.3, -0.25) is 4.79 Å². The Balaban J connectivity index is 1.72. The van der Waals surface area contributed by atoms with Crippen molar-refractivity contribution >= 4 is 44.8 Å². The highest BCUT2D eigenvalue weighted by atomic mass is 32.1. The molecule has 0 bridgehead atoms. The number of hydrogen-bond acceptors (Lipinski definition) is 8. The summed E-state index contributed by atoms with van der Waals surface area (Å²) in [7, 11) is 4.21. The molecule has 0 unspecified atom stereocenters. The Morgan fingerprint density at radius 3 is 2.39 bits per heavy atom. The molecule has 0 fully saturated rings. The second-order valence-electron chi connectivity index (χ2n) is 7.90. The summed E-state index contributed by atoms with van der Waals surface area (Å²) in [5, 5.41) is 3.58. The molecule has 0 saturated heterocycles. The molecule has 1 aliphatic carbocycles. The second-order valence-corrected chi connectivity index (χ2v) is 8.90. The number of methoxy groups -OCH3 is 3. The first kappa shape index (κ1) is 22.8. The Labute approximate surface area is 196 Å². The first-order chi connectivity index (χ1) is 16.0. The van der Waals surface area contributed by atoms with E-state index in [4.69, 9.17) is 24.9 Å². The van der Waals surface area contributed by atoms with Gasteiger partial charge in [0.1, 0.15) is 9.71 Å². The van der Waals surface area contributed by atoms with Gasteiger partial charge in [0.05, 0.1) is 38.3 Å². The van der Waals surface area contributed by atoms with Crippen LogP contribution in [0.25, 0.3) is 10.2 Å². The lowest BCUT2D eigenvalue weighted by molar-refractivity contribution is 0.0601. The minimum absolute atomic E-state index is 0.143. The molecule has 8 nitrogen and oxygen atoms in total. The van der Waals surface area contributed by atoms with E-state index in [9.17, 15) is 9.59 Å². The number of benzene rings is 1. The quantitative estimate of drug-likeness (QED) is 0.525. The number of ether oxygens (including phenoxy) is 3. The maximum Gasteiger partial charge on any atom is 0.340 e. The number of rotatable bonds is 5. The van der Waals surface area contributed by atoms with Crippen LogP contribution in [-0.2, 0) is 17.6 Å². The van der Waals surface area contributed by atoms with Gasteiger partial charge in [0.15, 0.2) is 11.5 Å². The normalized spacial score (nSPS) is 13.5. The minimum atomic E-state index is -0.614. The van der Waals surface area contributed by atoms with Crippen LogP contribution < -0.4 is 20.5 Å². The van der Waals surface area contributed by atoms with Crippen LogP contribution >= 0.6 is 11.3 Å². The Kier molecular flexibility index (Phi) is 6.69. The molecule has 1 aliphatic rings. The maximum absolute atomic E-state index is 13.2. The number of thiophene rings is 1. The molecule has 0 saturated carbocycles. The fourth-order valence-electron chi connectivity index (χ4n) is 4.12. The molecule has 1 aromatic carbocycles. The number of anilines is 2. The number of carbonyl (C=O) groups is 2. The zero-order valence-corrected chi connectivity index (χ0v) is 19.8. The molecule has 9 heteroatoms. The Morgan fingerprint density at radius 2 is 1.70 bits per heavy atom. The summed E-state index contributed by atoms with van der Waals surface area (Å²) in [4.78, 5) is 31.5. The predicted octanol–water partition coefficient (Wildman–Crippen LogP) is 4.59. The van der Waals surface area contributed by atoms with Gasteiger partial charge in [-0.05, 0) is 37.3 Å². The van der Waals surface area contributed by atoms with Crippen molar-refractivity contribution in [3.8, 4) is 11.5 Å². The van der Waals surface area contributed by atoms with Gasteiger partial charge in [-0.15, -0.1) is 11.3 Å². The highest BCUT2D eigenvalue weighted by molar-refractivity contribution is 7.21. The third-order valence-corrected chi connectivity index (χ3v) is 7.00. The summed E-state index contributed by atoms with van der Waals surface area (Å²) < 4.78 is 15.5. The van der Waals surface area contributed by atoms with E-state index < -0.39 is 11.9 Å². The Hall–Kier alpha value is -3.33. The lowest BCUT2D eigenvalue weighted by Crippen LogP contribution is -2.16. The summed E-state index contributed by atoms with van der Waals surface area (Å²) in [6, 6.07) is 5.08. The number of nitrogens with one attached hydrogen (secondary N) is 1. The number of aromatic nitrogens is 1. The fraction of sp³-hybridized carbons (Fsp3) is 0.375. The first-order valence-corrected chi connectivity index (χ1v) is 11.6. The van der Waals surface area contributed by atoms with Crippen LogP contribution in [0.15, 0.2) is 18.2 Å². The van der Waals surface area contributed by atoms with Gasteiger partial charge in [0.25, 0.3) is 5.91 Å². The van der Waals surface area contributed by atoms with E-state index in [1.807, 2.05) is 0 Å². The van der Waals surface area contributed by atoms with Crippen molar-refractivity contribution in [3.63, 3.8) is 0 Å². The SMILES string of the molecule is COC(=O)c1cc(OC)c(OC)cc1NC(=O)c1sc2nc3c(cc2c1N)CCCCCC3.